The van der Waals surface area contributed by atoms with Crippen molar-refractivity contribution in [3.05, 3.63) is 0 Å². The van der Waals surface area contributed by atoms with Gasteiger partial charge in [0.25, 0.3) is 0 Å². The molecule has 2 amide bonds. The first-order valence-corrected chi connectivity index (χ1v) is 5.87. The molecule has 2 aliphatic rings. The highest BCUT2D eigenvalue weighted by molar-refractivity contribution is 5.89. The topological polar surface area (TPSA) is 58.6 Å². The molecular weight excluding hydrogens is 208 g/mol. The summed E-state index contributed by atoms with van der Waals surface area (Å²) in [5.74, 6) is -0.0761. The van der Waals surface area contributed by atoms with Crippen molar-refractivity contribution in [1.29, 1.82) is 0 Å². The van der Waals surface area contributed by atoms with Crippen LogP contribution in [0.5, 0.6) is 0 Å². The van der Waals surface area contributed by atoms with Crippen molar-refractivity contribution in [3.8, 4) is 0 Å². The van der Waals surface area contributed by atoms with Crippen LogP contribution < -0.4 is 5.32 Å². The Morgan fingerprint density at radius 1 is 1.62 bits per heavy atom. The SMILES string of the molecule is CCC1COCCN1C(=O)C1CNC(=O)C1. The summed E-state index contributed by atoms with van der Waals surface area (Å²) in [6.45, 7) is 4.43. The zero-order valence-corrected chi connectivity index (χ0v) is 9.57. The van der Waals surface area contributed by atoms with Crippen molar-refractivity contribution < 1.29 is 14.3 Å². The van der Waals surface area contributed by atoms with Crippen LogP contribution in [0.3, 0.4) is 0 Å². The first kappa shape index (κ1) is 11.4. The molecule has 0 saturated carbocycles. The van der Waals surface area contributed by atoms with Crippen LogP contribution in [0.1, 0.15) is 19.8 Å². The van der Waals surface area contributed by atoms with Crippen LogP contribution in [0.2, 0.25) is 0 Å². The van der Waals surface area contributed by atoms with Gasteiger partial charge in [0.1, 0.15) is 0 Å². The van der Waals surface area contributed by atoms with Crippen LogP contribution in [0.15, 0.2) is 0 Å². The van der Waals surface area contributed by atoms with Crippen molar-refractivity contribution in [2.45, 2.75) is 25.8 Å². The minimum atomic E-state index is -0.167. The molecule has 0 aromatic carbocycles. The van der Waals surface area contributed by atoms with Gasteiger partial charge >= 0.3 is 0 Å². The smallest absolute Gasteiger partial charge is 0.228 e. The molecule has 1 N–H and O–H groups in total. The fourth-order valence-electron chi connectivity index (χ4n) is 2.30. The van der Waals surface area contributed by atoms with Gasteiger partial charge in [0, 0.05) is 19.5 Å². The number of hydrogen-bond donors (Lipinski definition) is 1. The van der Waals surface area contributed by atoms with Crippen LogP contribution in [-0.4, -0.2) is 49.1 Å². The van der Waals surface area contributed by atoms with Gasteiger partial charge in [-0.15, -0.1) is 0 Å². The lowest BCUT2D eigenvalue weighted by Crippen LogP contribution is -2.50. The van der Waals surface area contributed by atoms with Gasteiger partial charge in [0.2, 0.25) is 11.8 Å². The second kappa shape index (κ2) is 4.82. The van der Waals surface area contributed by atoms with E-state index in [1.807, 2.05) is 4.90 Å². The minimum absolute atomic E-state index is 0.0142. The van der Waals surface area contributed by atoms with Gasteiger partial charge in [0.05, 0.1) is 25.2 Å². The van der Waals surface area contributed by atoms with E-state index in [1.165, 1.54) is 0 Å². The zero-order chi connectivity index (χ0) is 11.5. The second-order valence-corrected chi connectivity index (χ2v) is 4.37. The largest absolute Gasteiger partial charge is 0.377 e. The standard InChI is InChI=1S/C11H18N2O3/c1-2-9-7-16-4-3-13(9)11(15)8-5-10(14)12-6-8/h8-9H,2-7H2,1H3,(H,12,14). The number of nitrogens with one attached hydrogen (secondary N) is 1. The van der Waals surface area contributed by atoms with Crippen LogP contribution in [0.4, 0.5) is 0 Å². The predicted octanol–water partition coefficient (Wildman–Crippen LogP) is -0.240. The van der Waals surface area contributed by atoms with Crippen molar-refractivity contribution in [2.75, 3.05) is 26.3 Å². The second-order valence-electron chi connectivity index (χ2n) is 4.37. The number of ether oxygens (including phenoxy) is 1. The van der Waals surface area contributed by atoms with Crippen molar-refractivity contribution in [3.63, 3.8) is 0 Å². The first-order valence-electron chi connectivity index (χ1n) is 5.87. The van der Waals surface area contributed by atoms with E-state index in [0.29, 0.717) is 32.7 Å². The van der Waals surface area contributed by atoms with Crippen LogP contribution in [-0.2, 0) is 14.3 Å². The summed E-state index contributed by atoms with van der Waals surface area (Å²) in [5.41, 5.74) is 0. The van der Waals surface area contributed by atoms with E-state index in [2.05, 4.69) is 12.2 Å². The van der Waals surface area contributed by atoms with Gasteiger partial charge in [-0.2, -0.15) is 0 Å². The lowest BCUT2D eigenvalue weighted by molar-refractivity contribution is -0.144. The average Bonchev–Trinajstić information content (AvgIpc) is 2.75. The highest BCUT2D eigenvalue weighted by atomic mass is 16.5. The summed E-state index contributed by atoms with van der Waals surface area (Å²) in [4.78, 5) is 25.2. The van der Waals surface area contributed by atoms with Crippen LogP contribution >= 0.6 is 0 Å². The number of morpholine rings is 1. The molecule has 0 aromatic rings. The fourth-order valence-corrected chi connectivity index (χ4v) is 2.30. The Morgan fingerprint density at radius 3 is 3.06 bits per heavy atom. The molecular formula is C11H18N2O3. The monoisotopic (exact) mass is 226 g/mol. The molecule has 5 nitrogen and oxygen atoms in total. The van der Waals surface area contributed by atoms with E-state index in [9.17, 15) is 9.59 Å². The first-order chi connectivity index (χ1) is 7.72. The number of rotatable bonds is 2. The lowest BCUT2D eigenvalue weighted by atomic mass is 10.0. The molecule has 2 atom stereocenters. The molecule has 2 unspecified atom stereocenters. The van der Waals surface area contributed by atoms with Gasteiger partial charge in [-0.3, -0.25) is 9.59 Å². The summed E-state index contributed by atoms with van der Waals surface area (Å²) < 4.78 is 5.36. The molecule has 16 heavy (non-hydrogen) atoms. The number of nitrogens with zero attached hydrogens (tertiary/aromatic N) is 1. The molecule has 0 spiro atoms. The highest BCUT2D eigenvalue weighted by Gasteiger charge is 2.35. The highest BCUT2D eigenvalue weighted by Crippen LogP contribution is 2.18. The maximum atomic E-state index is 12.2. The Bertz CT molecular complexity index is 293. The molecule has 2 heterocycles. The Balaban J connectivity index is 1.99. The maximum absolute atomic E-state index is 12.2. The molecule has 90 valence electrons. The van der Waals surface area contributed by atoms with E-state index in [1.54, 1.807) is 0 Å². The molecule has 5 heteroatoms. The zero-order valence-electron chi connectivity index (χ0n) is 9.57. The Morgan fingerprint density at radius 2 is 2.44 bits per heavy atom. The minimum Gasteiger partial charge on any atom is -0.377 e. The van der Waals surface area contributed by atoms with E-state index in [-0.39, 0.29) is 23.8 Å². The Labute approximate surface area is 95.1 Å². The van der Waals surface area contributed by atoms with Gasteiger partial charge in [-0.05, 0) is 6.42 Å². The summed E-state index contributed by atoms with van der Waals surface area (Å²) in [6, 6.07) is 0.178. The van der Waals surface area contributed by atoms with Gasteiger partial charge in [0.15, 0.2) is 0 Å². The summed E-state index contributed by atoms with van der Waals surface area (Å²) >= 11 is 0. The van der Waals surface area contributed by atoms with Gasteiger partial charge in [-0.25, -0.2) is 0 Å². The van der Waals surface area contributed by atoms with Crippen molar-refractivity contribution in [2.24, 2.45) is 5.92 Å². The molecule has 0 aliphatic carbocycles. The maximum Gasteiger partial charge on any atom is 0.228 e. The molecule has 0 radical (unpaired) electrons. The molecule has 2 rings (SSSR count). The van der Waals surface area contributed by atoms with Crippen LogP contribution in [0.25, 0.3) is 0 Å². The van der Waals surface area contributed by atoms with Gasteiger partial charge in [-0.1, -0.05) is 6.92 Å². The Hall–Kier alpha value is -1.10. The molecule has 0 bridgehead atoms. The summed E-state index contributed by atoms with van der Waals surface area (Å²) in [7, 11) is 0. The summed E-state index contributed by atoms with van der Waals surface area (Å²) in [5, 5.41) is 2.70. The Kier molecular flexibility index (Phi) is 3.43. The molecule has 2 fully saturated rings. The average molecular weight is 226 g/mol. The third-order valence-corrected chi connectivity index (χ3v) is 3.31. The number of hydrogen-bond acceptors (Lipinski definition) is 3. The van der Waals surface area contributed by atoms with Gasteiger partial charge < -0.3 is 15.0 Å². The van der Waals surface area contributed by atoms with Crippen LogP contribution in [0, 0.1) is 5.92 Å². The van der Waals surface area contributed by atoms with Crippen molar-refractivity contribution in [1.82, 2.24) is 10.2 Å². The number of carbonyl (C=O) groups excluding carboxylic acids is 2. The lowest BCUT2D eigenvalue weighted by Gasteiger charge is -2.36. The van der Waals surface area contributed by atoms with E-state index >= 15 is 0 Å². The molecule has 2 aliphatic heterocycles. The van der Waals surface area contributed by atoms with E-state index in [0.717, 1.165) is 6.42 Å². The number of carbonyl (C=O) groups is 2. The van der Waals surface area contributed by atoms with E-state index < -0.39 is 0 Å². The number of amides is 2. The fraction of sp³-hybridized carbons (Fsp3) is 0.818. The third kappa shape index (κ3) is 2.19. The summed E-state index contributed by atoms with van der Waals surface area (Å²) in [6.07, 6.45) is 1.24. The van der Waals surface area contributed by atoms with Crippen molar-refractivity contribution >= 4 is 11.8 Å². The van der Waals surface area contributed by atoms with E-state index in [4.69, 9.17) is 4.74 Å². The molecule has 0 aromatic heterocycles. The normalized spacial score (nSPS) is 30.3. The molecule has 2 saturated heterocycles. The third-order valence-electron chi connectivity index (χ3n) is 3.31. The predicted molar refractivity (Wildman–Crippen MR) is 57.7 cm³/mol. The quantitative estimate of drug-likeness (QED) is 0.707.